The highest BCUT2D eigenvalue weighted by atomic mass is 32.2. The zero-order valence-corrected chi connectivity index (χ0v) is 22.9. The lowest BCUT2D eigenvalue weighted by molar-refractivity contribution is -0.119. The molecular weight excluding hydrogens is 542 g/mol. The van der Waals surface area contributed by atoms with Crippen molar-refractivity contribution in [3.05, 3.63) is 96.1 Å². The maximum absolute atomic E-state index is 12.8. The van der Waals surface area contributed by atoms with Gasteiger partial charge in [0.1, 0.15) is 17.4 Å². The van der Waals surface area contributed by atoms with Crippen LogP contribution in [0.5, 0.6) is 0 Å². The fraction of sp³-hybridized carbons (Fsp3) is 0.194. The number of sulfonamides is 1. The van der Waals surface area contributed by atoms with Crippen LogP contribution in [0, 0.1) is 11.3 Å². The van der Waals surface area contributed by atoms with Gasteiger partial charge in [-0.05, 0) is 42.7 Å². The summed E-state index contributed by atoms with van der Waals surface area (Å²) in [6.45, 7) is 0.313. The Balaban J connectivity index is 1.29. The van der Waals surface area contributed by atoms with Crippen LogP contribution in [0.25, 0.3) is 22.5 Å². The highest BCUT2D eigenvalue weighted by Crippen LogP contribution is 2.41. The molecule has 1 aliphatic heterocycles. The minimum Gasteiger partial charge on any atom is -0.452 e. The Bertz CT molecular complexity index is 1690. The molecule has 0 atom stereocenters. The lowest BCUT2D eigenvalue weighted by Crippen LogP contribution is -2.35. The van der Waals surface area contributed by atoms with Crippen molar-refractivity contribution in [2.24, 2.45) is 0 Å². The van der Waals surface area contributed by atoms with Crippen molar-refractivity contribution >= 4 is 27.8 Å². The molecule has 3 aromatic carbocycles. The number of carbonyl (C=O) groups is 2. The number of carbonyl (C=O) groups excluding carboxylic acids is 2. The number of ether oxygens (including phenoxy) is 1. The standard InChI is InChI=1S/C31H27N3O6S/c32-20-26-28(22-10-4-1-5-11-22)29(23-12-6-2-7-13-23)40-30(26)33-27(35)21-39-31(36)24-14-16-25(17-15-24)41(37,38)34-18-8-3-9-19-34/h1-2,4-7,10-17H,3,8-9,18-19,21H2,(H,33,35). The van der Waals surface area contributed by atoms with Crippen LogP contribution in [-0.2, 0) is 19.6 Å². The van der Waals surface area contributed by atoms with Gasteiger partial charge in [-0.15, -0.1) is 0 Å². The third-order valence-electron chi connectivity index (χ3n) is 6.75. The van der Waals surface area contributed by atoms with Gasteiger partial charge in [0.05, 0.1) is 10.5 Å². The molecule has 0 radical (unpaired) electrons. The number of nitrogens with zero attached hydrogens (tertiary/aromatic N) is 2. The lowest BCUT2D eigenvalue weighted by Gasteiger charge is -2.25. The van der Waals surface area contributed by atoms with E-state index in [-0.39, 0.29) is 21.9 Å². The summed E-state index contributed by atoms with van der Waals surface area (Å²) in [5.74, 6) is -1.14. The van der Waals surface area contributed by atoms with Crippen LogP contribution in [0.1, 0.15) is 35.2 Å². The number of anilines is 1. The predicted molar refractivity (Wildman–Crippen MR) is 152 cm³/mol. The van der Waals surface area contributed by atoms with E-state index in [0.717, 1.165) is 30.4 Å². The van der Waals surface area contributed by atoms with E-state index in [2.05, 4.69) is 11.4 Å². The number of piperidine rings is 1. The van der Waals surface area contributed by atoms with Crippen LogP contribution in [0.15, 0.2) is 94.2 Å². The van der Waals surface area contributed by atoms with Gasteiger partial charge in [-0.25, -0.2) is 13.2 Å². The quantitative estimate of drug-likeness (QED) is 0.279. The monoisotopic (exact) mass is 569 g/mol. The van der Waals surface area contributed by atoms with E-state index in [1.54, 1.807) is 0 Å². The van der Waals surface area contributed by atoms with Gasteiger partial charge in [-0.1, -0.05) is 67.1 Å². The first-order valence-corrected chi connectivity index (χ1v) is 14.6. The molecule has 0 bridgehead atoms. The molecule has 1 saturated heterocycles. The van der Waals surface area contributed by atoms with Crippen LogP contribution in [0.3, 0.4) is 0 Å². The zero-order chi connectivity index (χ0) is 28.8. The van der Waals surface area contributed by atoms with Gasteiger partial charge in [-0.2, -0.15) is 9.57 Å². The van der Waals surface area contributed by atoms with E-state index in [1.807, 2.05) is 60.7 Å². The molecule has 1 aliphatic rings. The summed E-state index contributed by atoms with van der Waals surface area (Å²) in [7, 11) is -3.63. The smallest absolute Gasteiger partial charge is 0.338 e. The molecule has 10 heteroatoms. The number of esters is 1. The van der Waals surface area contributed by atoms with Crippen LogP contribution < -0.4 is 5.32 Å². The van der Waals surface area contributed by atoms with Gasteiger partial charge in [-0.3, -0.25) is 10.1 Å². The molecule has 2 heterocycles. The average Bonchev–Trinajstić information content (AvgIpc) is 3.39. The Morgan fingerprint density at radius 3 is 2.10 bits per heavy atom. The largest absolute Gasteiger partial charge is 0.452 e. The molecule has 0 aliphatic carbocycles. The molecule has 1 fully saturated rings. The number of nitriles is 1. The fourth-order valence-corrected chi connectivity index (χ4v) is 6.21. The summed E-state index contributed by atoms with van der Waals surface area (Å²) >= 11 is 0. The Morgan fingerprint density at radius 2 is 1.49 bits per heavy atom. The zero-order valence-electron chi connectivity index (χ0n) is 22.1. The van der Waals surface area contributed by atoms with Crippen molar-refractivity contribution in [3.63, 3.8) is 0 Å². The summed E-state index contributed by atoms with van der Waals surface area (Å²) in [4.78, 5) is 25.4. The van der Waals surface area contributed by atoms with Gasteiger partial charge in [0, 0.05) is 24.2 Å². The molecule has 0 saturated carbocycles. The van der Waals surface area contributed by atoms with Gasteiger partial charge < -0.3 is 9.15 Å². The van der Waals surface area contributed by atoms with Crippen LogP contribution in [0.4, 0.5) is 5.88 Å². The van der Waals surface area contributed by atoms with Gasteiger partial charge in [0.15, 0.2) is 6.61 Å². The van der Waals surface area contributed by atoms with E-state index in [1.165, 1.54) is 28.6 Å². The number of nitrogens with one attached hydrogen (secondary N) is 1. The number of amides is 1. The second-order valence-corrected chi connectivity index (χ2v) is 11.4. The molecule has 1 N–H and O–H groups in total. The SMILES string of the molecule is N#Cc1c(NC(=O)COC(=O)c2ccc(S(=O)(=O)N3CCCCC3)cc2)oc(-c2ccccc2)c1-c1ccccc1. The first kappa shape index (κ1) is 27.8. The Hall–Kier alpha value is -4.72. The molecule has 208 valence electrons. The highest BCUT2D eigenvalue weighted by molar-refractivity contribution is 7.89. The Labute approximate surface area is 238 Å². The first-order chi connectivity index (χ1) is 19.9. The number of benzene rings is 3. The lowest BCUT2D eigenvalue weighted by atomic mass is 9.98. The third kappa shape index (κ3) is 6.06. The summed E-state index contributed by atoms with van der Waals surface area (Å²) in [5, 5.41) is 12.5. The summed E-state index contributed by atoms with van der Waals surface area (Å²) in [6.07, 6.45) is 2.64. The summed E-state index contributed by atoms with van der Waals surface area (Å²) in [6, 6.07) is 26.0. The van der Waals surface area contributed by atoms with E-state index in [4.69, 9.17) is 9.15 Å². The van der Waals surface area contributed by atoms with E-state index in [9.17, 15) is 23.3 Å². The molecule has 4 aromatic rings. The van der Waals surface area contributed by atoms with Crippen molar-refractivity contribution in [3.8, 4) is 28.5 Å². The third-order valence-corrected chi connectivity index (χ3v) is 8.66. The van der Waals surface area contributed by atoms with E-state index < -0.39 is 28.5 Å². The van der Waals surface area contributed by atoms with Crippen molar-refractivity contribution in [1.29, 1.82) is 5.26 Å². The molecule has 41 heavy (non-hydrogen) atoms. The molecule has 1 amide bonds. The number of furan rings is 1. The van der Waals surface area contributed by atoms with E-state index in [0.29, 0.717) is 24.4 Å². The molecule has 0 unspecified atom stereocenters. The Morgan fingerprint density at radius 1 is 0.878 bits per heavy atom. The Kier molecular flexibility index (Phi) is 8.29. The van der Waals surface area contributed by atoms with Crippen molar-refractivity contribution in [1.82, 2.24) is 4.31 Å². The second kappa shape index (κ2) is 12.2. The molecular formula is C31H27N3O6S. The number of hydrogen-bond acceptors (Lipinski definition) is 7. The number of hydrogen-bond donors (Lipinski definition) is 1. The van der Waals surface area contributed by atoms with E-state index >= 15 is 0 Å². The van der Waals surface area contributed by atoms with Crippen LogP contribution in [-0.4, -0.2) is 44.3 Å². The van der Waals surface area contributed by atoms with Crippen molar-refractivity contribution in [2.75, 3.05) is 25.0 Å². The molecule has 0 spiro atoms. The first-order valence-electron chi connectivity index (χ1n) is 13.1. The van der Waals surface area contributed by atoms with Gasteiger partial charge in [0.25, 0.3) is 5.91 Å². The summed E-state index contributed by atoms with van der Waals surface area (Å²) in [5.41, 5.74) is 2.24. The van der Waals surface area contributed by atoms with Crippen LogP contribution in [0.2, 0.25) is 0 Å². The number of rotatable bonds is 8. The molecule has 1 aromatic heterocycles. The normalized spacial score (nSPS) is 13.7. The fourth-order valence-electron chi connectivity index (χ4n) is 4.69. The van der Waals surface area contributed by atoms with Gasteiger partial charge >= 0.3 is 5.97 Å². The molecule has 5 rings (SSSR count). The van der Waals surface area contributed by atoms with Gasteiger partial charge in [0.2, 0.25) is 15.9 Å². The second-order valence-electron chi connectivity index (χ2n) is 9.47. The van der Waals surface area contributed by atoms with Crippen LogP contribution >= 0.6 is 0 Å². The molecule has 9 nitrogen and oxygen atoms in total. The maximum atomic E-state index is 12.8. The predicted octanol–water partition coefficient (Wildman–Crippen LogP) is 5.46. The van der Waals surface area contributed by atoms with Crippen molar-refractivity contribution in [2.45, 2.75) is 24.2 Å². The maximum Gasteiger partial charge on any atom is 0.338 e. The average molecular weight is 570 g/mol. The highest BCUT2D eigenvalue weighted by Gasteiger charge is 2.27. The van der Waals surface area contributed by atoms with Crippen molar-refractivity contribution < 1.29 is 27.2 Å². The summed E-state index contributed by atoms with van der Waals surface area (Å²) < 4.78 is 38.3. The minimum atomic E-state index is -3.63. The minimum absolute atomic E-state index is 0.0569. The topological polar surface area (TPSA) is 130 Å².